The number of nitrogens with zero attached hydrogens (tertiary/aromatic N) is 1. The van der Waals surface area contributed by atoms with Crippen molar-refractivity contribution in [2.45, 2.75) is 58.7 Å². The zero-order valence-corrected chi connectivity index (χ0v) is 15.8. The predicted molar refractivity (Wildman–Crippen MR) is 100 cm³/mol. The van der Waals surface area contributed by atoms with Crippen LogP contribution in [0.1, 0.15) is 52.1 Å². The highest BCUT2D eigenvalue weighted by atomic mass is 16.2. The van der Waals surface area contributed by atoms with E-state index in [1.807, 2.05) is 49.1 Å². The van der Waals surface area contributed by atoms with Gasteiger partial charge < -0.3 is 15.5 Å². The highest BCUT2D eigenvalue weighted by Crippen LogP contribution is 2.21. The highest BCUT2D eigenvalue weighted by molar-refractivity contribution is 5.81. The van der Waals surface area contributed by atoms with Crippen molar-refractivity contribution < 1.29 is 9.59 Å². The fourth-order valence-electron chi connectivity index (χ4n) is 3.51. The Bertz CT molecular complexity index is 576. The second kappa shape index (κ2) is 8.99. The van der Waals surface area contributed by atoms with Crippen molar-refractivity contribution in [1.29, 1.82) is 0 Å². The lowest BCUT2D eigenvalue weighted by molar-refractivity contribution is -0.131. The van der Waals surface area contributed by atoms with Gasteiger partial charge in [0.25, 0.3) is 0 Å². The van der Waals surface area contributed by atoms with Crippen LogP contribution in [-0.4, -0.2) is 41.9 Å². The Kier molecular flexibility index (Phi) is 7.00. The number of carbonyl (C=O) groups excluding carboxylic acids is 2. The third-order valence-electron chi connectivity index (χ3n) is 5.22. The first-order valence-corrected chi connectivity index (χ1v) is 9.29. The molecule has 1 aromatic rings. The quantitative estimate of drug-likeness (QED) is 0.833. The summed E-state index contributed by atoms with van der Waals surface area (Å²) in [5.41, 5.74) is 1.10. The lowest BCUT2D eigenvalue weighted by Gasteiger charge is -2.39. The molecule has 1 aromatic carbocycles. The molecule has 2 N–H and O–H groups in total. The third kappa shape index (κ3) is 5.30. The van der Waals surface area contributed by atoms with Crippen LogP contribution in [0, 0.1) is 5.92 Å². The molecular weight excluding hydrogens is 314 g/mol. The van der Waals surface area contributed by atoms with Crippen LogP contribution in [0.15, 0.2) is 30.3 Å². The zero-order chi connectivity index (χ0) is 18.4. The van der Waals surface area contributed by atoms with Gasteiger partial charge in [-0.1, -0.05) is 43.7 Å². The van der Waals surface area contributed by atoms with Crippen molar-refractivity contribution in [3.05, 3.63) is 35.9 Å². The summed E-state index contributed by atoms with van der Waals surface area (Å²) in [4.78, 5) is 26.0. The van der Waals surface area contributed by atoms with Gasteiger partial charge in [0.1, 0.15) is 0 Å². The summed E-state index contributed by atoms with van der Waals surface area (Å²) in [6, 6.07) is 9.98. The van der Waals surface area contributed by atoms with E-state index in [4.69, 9.17) is 0 Å². The standard InChI is InChI=1S/C20H31N3O2/c1-5-17-13-23(16(4)24)12-11-19(17)21-15(3)20(25)22-14(2)18-9-7-6-8-10-18/h6-10,14-15,17,19,21H,5,11-13H2,1-4H3,(H,22,25)/t14-,15-,17-,19+/m1/s1. The van der Waals surface area contributed by atoms with Crippen LogP contribution in [0.25, 0.3) is 0 Å². The molecule has 2 rings (SSSR count). The second-order valence-corrected chi connectivity index (χ2v) is 7.06. The number of amides is 2. The molecule has 0 unspecified atom stereocenters. The molecule has 5 nitrogen and oxygen atoms in total. The fraction of sp³-hybridized carbons (Fsp3) is 0.600. The topological polar surface area (TPSA) is 61.4 Å². The second-order valence-electron chi connectivity index (χ2n) is 7.06. The molecule has 138 valence electrons. The molecule has 1 heterocycles. The highest BCUT2D eigenvalue weighted by Gasteiger charge is 2.31. The maximum Gasteiger partial charge on any atom is 0.237 e. The molecule has 0 spiro atoms. The Morgan fingerprint density at radius 3 is 2.52 bits per heavy atom. The molecule has 1 fully saturated rings. The van der Waals surface area contributed by atoms with Gasteiger partial charge in [0.05, 0.1) is 12.1 Å². The molecule has 5 heteroatoms. The van der Waals surface area contributed by atoms with Crippen LogP contribution < -0.4 is 10.6 Å². The van der Waals surface area contributed by atoms with Crippen molar-refractivity contribution in [3.63, 3.8) is 0 Å². The summed E-state index contributed by atoms with van der Waals surface area (Å²) < 4.78 is 0. The number of hydrogen-bond acceptors (Lipinski definition) is 3. The molecule has 25 heavy (non-hydrogen) atoms. The minimum Gasteiger partial charge on any atom is -0.348 e. The van der Waals surface area contributed by atoms with E-state index in [9.17, 15) is 9.59 Å². The number of nitrogens with one attached hydrogen (secondary N) is 2. The van der Waals surface area contributed by atoms with Gasteiger partial charge in [0.2, 0.25) is 11.8 Å². The molecule has 0 bridgehead atoms. The number of carbonyl (C=O) groups is 2. The van der Waals surface area contributed by atoms with E-state index in [-0.39, 0.29) is 29.9 Å². The lowest BCUT2D eigenvalue weighted by Crippen LogP contribution is -2.55. The van der Waals surface area contributed by atoms with Crippen LogP contribution in [0.5, 0.6) is 0 Å². The minimum absolute atomic E-state index is 0.0141. The fourth-order valence-corrected chi connectivity index (χ4v) is 3.51. The van der Waals surface area contributed by atoms with Gasteiger partial charge in [-0.2, -0.15) is 0 Å². The molecule has 1 aliphatic heterocycles. The first kappa shape index (κ1) is 19.4. The van der Waals surface area contributed by atoms with Gasteiger partial charge in [-0.3, -0.25) is 9.59 Å². The van der Waals surface area contributed by atoms with Gasteiger partial charge in [0, 0.05) is 26.1 Å². The van der Waals surface area contributed by atoms with Gasteiger partial charge in [-0.05, 0) is 31.7 Å². The first-order valence-electron chi connectivity index (χ1n) is 9.29. The molecule has 1 aliphatic rings. The Morgan fingerprint density at radius 2 is 1.92 bits per heavy atom. The van der Waals surface area contributed by atoms with Gasteiger partial charge >= 0.3 is 0 Å². The van der Waals surface area contributed by atoms with E-state index in [2.05, 4.69) is 17.6 Å². The Balaban J connectivity index is 1.88. The molecule has 4 atom stereocenters. The van der Waals surface area contributed by atoms with E-state index in [0.29, 0.717) is 5.92 Å². The molecular formula is C20H31N3O2. The first-order chi connectivity index (χ1) is 11.9. The van der Waals surface area contributed by atoms with Crippen LogP contribution in [0.4, 0.5) is 0 Å². The van der Waals surface area contributed by atoms with Gasteiger partial charge in [-0.25, -0.2) is 0 Å². The number of benzene rings is 1. The summed E-state index contributed by atoms with van der Waals surface area (Å²) >= 11 is 0. The molecule has 2 amide bonds. The number of piperidine rings is 1. The molecule has 0 aliphatic carbocycles. The largest absolute Gasteiger partial charge is 0.348 e. The Morgan fingerprint density at radius 1 is 1.24 bits per heavy atom. The van der Waals surface area contributed by atoms with Crippen LogP contribution >= 0.6 is 0 Å². The number of likely N-dealkylation sites (tertiary alicyclic amines) is 1. The summed E-state index contributed by atoms with van der Waals surface area (Å²) in [7, 11) is 0. The Hall–Kier alpha value is -1.88. The number of rotatable bonds is 6. The smallest absolute Gasteiger partial charge is 0.237 e. The summed E-state index contributed by atoms with van der Waals surface area (Å²) in [6.07, 6.45) is 1.89. The average molecular weight is 345 g/mol. The van der Waals surface area contributed by atoms with E-state index < -0.39 is 0 Å². The maximum absolute atomic E-state index is 12.5. The van der Waals surface area contributed by atoms with E-state index in [0.717, 1.165) is 31.5 Å². The van der Waals surface area contributed by atoms with Crippen molar-refractivity contribution in [2.24, 2.45) is 5.92 Å². The molecule has 0 saturated carbocycles. The number of hydrogen-bond donors (Lipinski definition) is 2. The predicted octanol–water partition coefficient (Wildman–Crippen LogP) is 2.49. The van der Waals surface area contributed by atoms with E-state index in [1.54, 1.807) is 6.92 Å². The van der Waals surface area contributed by atoms with E-state index in [1.165, 1.54) is 0 Å². The summed E-state index contributed by atoms with van der Waals surface area (Å²) in [5.74, 6) is 0.541. The van der Waals surface area contributed by atoms with Crippen molar-refractivity contribution in [3.8, 4) is 0 Å². The third-order valence-corrected chi connectivity index (χ3v) is 5.22. The van der Waals surface area contributed by atoms with Gasteiger partial charge in [-0.15, -0.1) is 0 Å². The zero-order valence-electron chi connectivity index (χ0n) is 15.8. The lowest BCUT2D eigenvalue weighted by atomic mass is 9.89. The summed E-state index contributed by atoms with van der Waals surface area (Å²) in [6.45, 7) is 9.22. The van der Waals surface area contributed by atoms with Crippen LogP contribution in [0.3, 0.4) is 0 Å². The average Bonchev–Trinajstić information content (AvgIpc) is 2.62. The normalized spacial score (nSPS) is 23.0. The molecule has 0 radical (unpaired) electrons. The van der Waals surface area contributed by atoms with Gasteiger partial charge in [0.15, 0.2) is 0 Å². The molecule has 1 saturated heterocycles. The SMILES string of the molecule is CC[C@@H]1CN(C(C)=O)CC[C@@H]1N[C@H](C)C(=O)N[C@H](C)c1ccccc1. The van der Waals surface area contributed by atoms with Crippen LogP contribution in [0.2, 0.25) is 0 Å². The summed E-state index contributed by atoms with van der Waals surface area (Å²) in [5, 5.41) is 6.57. The maximum atomic E-state index is 12.5. The van der Waals surface area contributed by atoms with Crippen molar-refractivity contribution in [1.82, 2.24) is 15.5 Å². The van der Waals surface area contributed by atoms with Crippen molar-refractivity contribution in [2.75, 3.05) is 13.1 Å². The Labute approximate surface area is 151 Å². The monoisotopic (exact) mass is 345 g/mol. The van der Waals surface area contributed by atoms with Crippen LogP contribution in [-0.2, 0) is 9.59 Å². The van der Waals surface area contributed by atoms with Crippen molar-refractivity contribution >= 4 is 11.8 Å². The minimum atomic E-state index is -0.255. The molecule has 0 aromatic heterocycles. The van der Waals surface area contributed by atoms with E-state index >= 15 is 0 Å².